The lowest BCUT2D eigenvalue weighted by Gasteiger charge is -2.05. The van der Waals surface area contributed by atoms with Crippen LogP contribution in [0.15, 0.2) is 30.5 Å². The van der Waals surface area contributed by atoms with E-state index in [4.69, 9.17) is 17.3 Å². The molecule has 7 heteroatoms. The van der Waals surface area contributed by atoms with Gasteiger partial charge in [-0.1, -0.05) is 24.9 Å². The van der Waals surface area contributed by atoms with Gasteiger partial charge in [-0.05, 0) is 30.7 Å². The maximum absolute atomic E-state index is 12.5. The number of rotatable bonds is 4. The fourth-order valence-electron chi connectivity index (χ4n) is 2.26. The van der Waals surface area contributed by atoms with Crippen molar-refractivity contribution in [2.45, 2.75) is 19.8 Å². The van der Waals surface area contributed by atoms with E-state index in [-0.39, 0.29) is 11.1 Å². The van der Waals surface area contributed by atoms with Gasteiger partial charge >= 0.3 is 0 Å². The fourth-order valence-corrected chi connectivity index (χ4v) is 3.43. The zero-order valence-electron chi connectivity index (χ0n) is 12.5. The summed E-state index contributed by atoms with van der Waals surface area (Å²) in [5, 5.41) is 3.78. The second kappa shape index (κ2) is 6.52. The number of halogens is 1. The van der Waals surface area contributed by atoms with Crippen LogP contribution in [-0.2, 0) is 6.42 Å². The monoisotopic (exact) mass is 346 g/mol. The molecule has 3 aromatic heterocycles. The highest BCUT2D eigenvalue weighted by atomic mass is 35.5. The number of amides is 1. The Labute approximate surface area is 142 Å². The van der Waals surface area contributed by atoms with E-state index < -0.39 is 0 Å². The largest absolute Gasteiger partial charge is 0.397 e. The van der Waals surface area contributed by atoms with Crippen molar-refractivity contribution in [3.05, 3.63) is 46.2 Å². The Morgan fingerprint density at radius 3 is 2.96 bits per heavy atom. The molecule has 0 aromatic carbocycles. The highest BCUT2D eigenvalue weighted by Gasteiger charge is 2.18. The first kappa shape index (κ1) is 15.7. The van der Waals surface area contributed by atoms with Gasteiger partial charge in [-0.25, -0.2) is 9.97 Å². The quantitative estimate of drug-likeness (QED) is 0.696. The van der Waals surface area contributed by atoms with Crippen LogP contribution in [0.2, 0.25) is 5.15 Å². The van der Waals surface area contributed by atoms with Crippen LogP contribution in [0.4, 0.5) is 11.4 Å². The van der Waals surface area contributed by atoms with Gasteiger partial charge in [0.05, 0.1) is 11.4 Å². The molecule has 3 rings (SSSR count). The highest BCUT2D eigenvalue weighted by molar-refractivity contribution is 7.21. The number of nitrogen functional groups attached to an aromatic ring is 1. The predicted octanol–water partition coefficient (Wildman–Crippen LogP) is 4.13. The Morgan fingerprint density at radius 1 is 1.39 bits per heavy atom. The number of nitrogens with one attached hydrogen (secondary N) is 1. The van der Waals surface area contributed by atoms with Crippen molar-refractivity contribution in [3.63, 3.8) is 0 Å². The second-order valence-corrected chi connectivity index (χ2v) is 6.40. The van der Waals surface area contributed by atoms with E-state index in [1.54, 1.807) is 18.3 Å². The lowest BCUT2D eigenvalue weighted by atomic mass is 10.2. The van der Waals surface area contributed by atoms with Crippen LogP contribution in [0.3, 0.4) is 0 Å². The van der Waals surface area contributed by atoms with E-state index in [2.05, 4.69) is 22.2 Å². The molecule has 118 valence electrons. The molecule has 0 aliphatic heterocycles. The van der Waals surface area contributed by atoms with Gasteiger partial charge in [0.2, 0.25) is 0 Å². The molecule has 0 spiro atoms. The molecule has 0 aliphatic carbocycles. The number of pyridine rings is 2. The molecule has 3 heterocycles. The summed E-state index contributed by atoms with van der Waals surface area (Å²) >= 11 is 7.25. The maximum atomic E-state index is 12.5. The first-order valence-corrected chi connectivity index (χ1v) is 8.39. The van der Waals surface area contributed by atoms with Gasteiger partial charge in [-0.2, -0.15) is 0 Å². The van der Waals surface area contributed by atoms with Crippen LogP contribution >= 0.6 is 22.9 Å². The highest BCUT2D eigenvalue weighted by Crippen LogP contribution is 2.33. The van der Waals surface area contributed by atoms with E-state index in [0.29, 0.717) is 16.3 Å². The number of fused-ring (bicyclic) bond motifs is 1. The zero-order chi connectivity index (χ0) is 16.4. The predicted molar refractivity (Wildman–Crippen MR) is 95.2 cm³/mol. The molecule has 0 saturated heterocycles. The Kier molecular flexibility index (Phi) is 4.45. The number of nitrogens with two attached hydrogens (primary N) is 1. The van der Waals surface area contributed by atoms with E-state index in [1.807, 2.05) is 12.1 Å². The van der Waals surface area contributed by atoms with Crippen molar-refractivity contribution in [2.75, 3.05) is 11.1 Å². The molecule has 0 saturated carbocycles. The number of carbonyl (C=O) groups excluding carboxylic acids is 1. The Hall–Kier alpha value is -2.18. The van der Waals surface area contributed by atoms with Crippen molar-refractivity contribution in [2.24, 2.45) is 0 Å². The van der Waals surface area contributed by atoms with Crippen LogP contribution in [-0.4, -0.2) is 15.9 Å². The Balaban J connectivity index is 1.94. The molecule has 3 aromatic rings. The van der Waals surface area contributed by atoms with Crippen molar-refractivity contribution >= 4 is 50.4 Å². The summed E-state index contributed by atoms with van der Waals surface area (Å²) in [7, 11) is 0. The molecule has 0 unspecified atom stereocenters. The molecular formula is C16H15ClN4OS. The minimum absolute atomic E-state index is 0.240. The number of nitrogens with zero attached hydrogens (tertiary/aromatic N) is 2. The van der Waals surface area contributed by atoms with E-state index >= 15 is 0 Å². The standard InChI is InChI=1S/C16H15ClN4OS/c1-2-4-9-6-7-10-12(18)13(23-16(10)20-9)15(22)21-11-5-3-8-19-14(11)17/h3,5-8H,2,4,18H2,1H3,(H,21,22). The van der Waals surface area contributed by atoms with E-state index in [9.17, 15) is 4.79 Å². The summed E-state index contributed by atoms with van der Waals surface area (Å²) in [5.41, 5.74) is 8.02. The number of carbonyl (C=O) groups is 1. The van der Waals surface area contributed by atoms with Crippen LogP contribution in [0.25, 0.3) is 10.2 Å². The molecule has 3 N–H and O–H groups in total. The van der Waals surface area contributed by atoms with Crippen LogP contribution in [0.1, 0.15) is 28.7 Å². The van der Waals surface area contributed by atoms with E-state index in [1.165, 1.54) is 11.3 Å². The summed E-state index contributed by atoms with van der Waals surface area (Å²) < 4.78 is 0. The number of aryl methyl sites for hydroxylation is 1. The first-order valence-electron chi connectivity index (χ1n) is 7.20. The van der Waals surface area contributed by atoms with Crippen molar-refractivity contribution < 1.29 is 4.79 Å². The maximum Gasteiger partial charge on any atom is 0.268 e. The summed E-state index contributed by atoms with van der Waals surface area (Å²) in [4.78, 5) is 22.2. The molecule has 0 fully saturated rings. The van der Waals surface area contributed by atoms with Gasteiger partial charge in [0.15, 0.2) is 5.15 Å². The SMILES string of the molecule is CCCc1ccc2c(N)c(C(=O)Nc3cccnc3Cl)sc2n1. The van der Waals surface area contributed by atoms with Gasteiger partial charge < -0.3 is 11.1 Å². The third kappa shape index (κ3) is 3.13. The zero-order valence-corrected chi connectivity index (χ0v) is 14.0. The van der Waals surface area contributed by atoms with Crippen molar-refractivity contribution in [3.8, 4) is 0 Å². The molecule has 5 nitrogen and oxygen atoms in total. The molecule has 0 atom stereocenters. The lowest BCUT2D eigenvalue weighted by molar-refractivity contribution is 0.103. The molecule has 0 bridgehead atoms. The number of aromatic nitrogens is 2. The summed E-state index contributed by atoms with van der Waals surface area (Å²) in [6, 6.07) is 7.27. The number of hydrogen-bond acceptors (Lipinski definition) is 5. The van der Waals surface area contributed by atoms with Crippen LogP contribution in [0.5, 0.6) is 0 Å². The molecule has 1 amide bonds. The number of thiophene rings is 1. The van der Waals surface area contributed by atoms with Gasteiger partial charge in [0.1, 0.15) is 9.71 Å². The van der Waals surface area contributed by atoms with Crippen molar-refractivity contribution in [1.82, 2.24) is 9.97 Å². The first-order chi connectivity index (χ1) is 11.1. The van der Waals surface area contributed by atoms with Gasteiger partial charge in [0.25, 0.3) is 5.91 Å². The van der Waals surface area contributed by atoms with Gasteiger partial charge in [0, 0.05) is 17.3 Å². The topological polar surface area (TPSA) is 80.9 Å². The fraction of sp³-hybridized carbons (Fsp3) is 0.188. The third-order valence-corrected chi connectivity index (χ3v) is 4.79. The average molecular weight is 347 g/mol. The summed E-state index contributed by atoms with van der Waals surface area (Å²) in [5.74, 6) is -0.308. The van der Waals surface area contributed by atoms with Crippen LogP contribution < -0.4 is 11.1 Å². The summed E-state index contributed by atoms with van der Waals surface area (Å²) in [6.07, 6.45) is 3.48. The van der Waals surface area contributed by atoms with Crippen molar-refractivity contribution in [1.29, 1.82) is 0 Å². The Morgan fingerprint density at radius 2 is 2.22 bits per heavy atom. The minimum Gasteiger partial charge on any atom is -0.397 e. The van der Waals surface area contributed by atoms with E-state index in [0.717, 1.165) is 28.8 Å². The van der Waals surface area contributed by atoms with Gasteiger partial charge in [-0.15, -0.1) is 11.3 Å². The van der Waals surface area contributed by atoms with Gasteiger partial charge in [-0.3, -0.25) is 4.79 Å². The van der Waals surface area contributed by atoms with Crippen LogP contribution in [0, 0.1) is 0 Å². The number of hydrogen-bond donors (Lipinski definition) is 2. The average Bonchev–Trinajstić information content (AvgIpc) is 2.86. The lowest BCUT2D eigenvalue weighted by Crippen LogP contribution is -2.12. The third-order valence-electron chi connectivity index (χ3n) is 3.37. The minimum atomic E-state index is -0.308. The Bertz CT molecular complexity index is 878. The second-order valence-electron chi connectivity index (χ2n) is 5.05. The number of anilines is 2. The molecule has 23 heavy (non-hydrogen) atoms. The normalized spacial score (nSPS) is 10.9. The molecule has 0 radical (unpaired) electrons. The molecular weight excluding hydrogens is 332 g/mol. The molecule has 0 aliphatic rings. The summed E-state index contributed by atoms with van der Waals surface area (Å²) in [6.45, 7) is 2.10. The smallest absolute Gasteiger partial charge is 0.268 e.